The van der Waals surface area contributed by atoms with Crippen LogP contribution >= 0.6 is 0 Å². The van der Waals surface area contributed by atoms with Crippen LogP contribution in [-0.2, 0) is 9.53 Å². The van der Waals surface area contributed by atoms with Gasteiger partial charge >= 0.3 is 17.9 Å². The van der Waals surface area contributed by atoms with E-state index in [1.54, 1.807) is 0 Å². The van der Waals surface area contributed by atoms with Gasteiger partial charge in [-0.1, -0.05) is 64.2 Å². The van der Waals surface area contributed by atoms with Gasteiger partial charge in [0.25, 0.3) is 0 Å². The molecule has 2 heterocycles. The molecule has 0 bridgehead atoms. The number of ether oxygens (including phenoxy) is 2. The molecule has 0 aliphatic heterocycles. The molecule has 0 saturated carbocycles. The minimum Gasteiger partial charge on any atom is -0.494 e. The second-order valence-corrected chi connectivity index (χ2v) is 12.6. The smallest absolute Gasteiger partial charge is 0.364 e. The van der Waals surface area contributed by atoms with Crippen LogP contribution in [0.2, 0.25) is 0 Å². The Morgan fingerprint density at radius 2 is 0.958 bits per heavy atom. The fourth-order valence-corrected chi connectivity index (χ4v) is 4.90. The van der Waals surface area contributed by atoms with Gasteiger partial charge in [-0.25, -0.2) is 9.59 Å². The van der Waals surface area contributed by atoms with Crippen LogP contribution in [0.3, 0.4) is 0 Å². The topological polar surface area (TPSA) is 179 Å². The number of nitrogens with zero attached hydrogens (tertiary/aromatic N) is 2. The number of benzene rings is 1. The van der Waals surface area contributed by atoms with E-state index < -0.39 is 41.1 Å². The molecule has 0 atom stereocenters. The first-order chi connectivity index (χ1) is 22.8. The Kier molecular flexibility index (Phi) is 14.5. The van der Waals surface area contributed by atoms with Gasteiger partial charge in [-0.15, -0.1) is 9.46 Å². The fourth-order valence-electron chi connectivity index (χ4n) is 4.90. The van der Waals surface area contributed by atoms with Crippen LogP contribution in [0.15, 0.2) is 42.5 Å². The van der Waals surface area contributed by atoms with Crippen molar-refractivity contribution in [3.63, 3.8) is 0 Å². The fraction of sp³-hybridized carbons (Fsp3) is 0.514. The molecule has 13 nitrogen and oxygen atoms in total. The van der Waals surface area contributed by atoms with Crippen LogP contribution in [0.1, 0.15) is 125 Å². The van der Waals surface area contributed by atoms with E-state index in [0.29, 0.717) is 22.5 Å². The van der Waals surface area contributed by atoms with Crippen LogP contribution in [0.25, 0.3) is 0 Å². The Bertz CT molecular complexity index is 1370. The summed E-state index contributed by atoms with van der Waals surface area (Å²) in [5.41, 5.74) is -0.712. The summed E-state index contributed by atoms with van der Waals surface area (Å²) in [4.78, 5) is 47.6. The van der Waals surface area contributed by atoms with Crippen molar-refractivity contribution in [2.45, 2.75) is 110 Å². The van der Waals surface area contributed by atoms with Crippen LogP contribution in [-0.4, -0.2) is 60.0 Å². The standard InChI is InChI=1S/C35H48N2O11/c1-35(2,3)46-32(42)16-14-12-10-8-6-4-5-7-9-11-13-15-21-45-27-23-25(33(43)47-36-28(38)17-18-29(36)39)22-26(24-27)34(44)48-37-30(40)19-20-31(37)41/h17-20,22-24,38-41H,4-16,21H2,1-3H3. The molecule has 0 saturated heterocycles. The van der Waals surface area contributed by atoms with E-state index in [4.69, 9.17) is 19.1 Å². The maximum Gasteiger partial charge on any atom is 0.364 e. The average molecular weight is 673 g/mol. The molecule has 264 valence electrons. The van der Waals surface area contributed by atoms with Crippen molar-refractivity contribution in [2.75, 3.05) is 6.61 Å². The largest absolute Gasteiger partial charge is 0.494 e. The number of hydrogen-bond acceptors (Lipinski definition) is 11. The Hall–Kier alpha value is -4.81. The van der Waals surface area contributed by atoms with Crippen molar-refractivity contribution in [2.24, 2.45) is 0 Å². The predicted octanol–water partition coefficient (Wildman–Crippen LogP) is 6.44. The molecule has 4 N–H and O–H groups in total. The average Bonchev–Trinajstić information content (AvgIpc) is 3.52. The van der Waals surface area contributed by atoms with Gasteiger partial charge in [0.05, 0.1) is 17.7 Å². The molecular formula is C35H48N2O11. The van der Waals surface area contributed by atoms with Crippen molar-refractivity contribution >= 4 is 17.9 Å². The third-order valence-electron chi connectivity index (χ3n) is 7.29. The molecule has 0 radical (unpaired) electrons. The summed E-state index contributed by atoms with van der Waals surface area (Å²) in [7, 11) is 0. The second kappa shape index (κ2) is 18.5. The van der Waals surface area contributed by atoms with Gasteiger partial charge in [0.2, 0.25) is 23.5 Å². The number of rotatable bonds is 20. The summed E-state index contributed by atoms with van der Waals surface area (Å²) in [5.74, 6) is -4.05. The molecule has 0 amide bonds. The zero-order valence-corrected chi connectivity index (χ0v) is 28.0. The van der Waals surface area contributed by atoms with Crippen molar-refractivity contribution in [1.82, 2.24) is 9.46 Å². The molecular weight excluding hydrogens is 624 g/mol. The highest BCUT2D eigenvalue weighted by molar-refractivity contribution is 5.96. The molecule has 0 spiro atoms. The molecule has 0 aliphatic rings. The maximum absolute atomic E-state index is 12.9. The minimum absolute atomic E-state index is 0.121. The van der Waals surface area contributed by atoms with Gasteiger partial charge in [-0.05, 0) is 51.8 Å². The lowest BCUT2D eigenvalue weighted by atomic mass is 10.0. The van der Waals surface area contributed by atoms with Gasteiger partial charge in [-0.2, -0.15) is 0 Å². The highest BCUT2D eigenvalue weighted by atomic mass is 16.7. The van der Waals surface area contributed by atoms with E-state index in [2.05, 4.69) is 0 Å². The highest BCUT2D eigenvalue weighted by Gasteiger charge is 2.21. The molecule has 0 fully saturated rings. The SMILES string of the molecule is CC(C)(C)OC(=O)CCCCCCCCCCCCCCOc1cc(C(=O)On2c(O)ccc2O)cc(C(=O)On2c(O)ccc2O)c1. The molecule has 1 aromatic carbocycles. The summed E-state index contributed by atoms with van der Waals surface area (Å²) < 4.78 is 12.2. The Morgan fingerprint density at radius 3 is 1.35 bits per heavy atom. The Balaban J connectivity index is 1.38. The molecule has 3 aromatic rings. The monoisotopic (exact) mass is 672 g/mol. The van der Waals surface area contributed by atoms with Gasteiger partial charge in [0.15, 0.2) is 0 Å². The summed E-state index contributed by atoms with van der Waals surface area (Å²) in [5, 5.41) is 39.3. The van der Waals surface area contributed by atoms with Crippen molar-refractivity contribution in [3.05, 3.63) is 53.6 Å². The second-order valence-electron chi connectivity index (χ2n) is 12.6. The van der Waals surface area contributed by atoms with E-state index in [0.717, 1.165) is 81.7 Å². The van der Waals surface area contributed by atoms with Gasteiger partial charge in [0, 0.05) is 30.7 Å². The van der Waals surface area contributed by atoms with Crippen LogP contribution < -0.4 is 14.4 Å². The van der Waals surface area contributed by atoms with Crippen LogP contribution in [0, 0.1) is 0 Å². The van der Waals surface area contributed by atoms with Crippen molar-refractivity contribution in [3.8, 4) is 29.3 Å². The maximum atomic E-state index is 12.9. The molecule has 0 unspecified atom stereocenters. The minimum atomic E-state index is -1.01. The van der Waals surface area contributed by atoms with E-state index in [1.807, 2.05) is 20.8 Å². The number of hydrogen-bond donors (Lipinski definition) is 4. The van der Waals surface area contributed by atoms with Crippen LogP contribution in [0.5, 0.6) is 29.3 Å². The first kappa shape index (κ1) is 37.6. The van der Waals surface area contributed by atoms with E-state index in [1.165, 1.54) is 37.8 Å². The lowest BCUT2D eigenvalue weighted by Gasteiger charge is -2.19. The number of aromatic hydroxyl groups is 4. The number of unbranched alkanes of at least 4 members (excludes halogenated alkanes) is 11. The molecule has 48 heavy (non-hydrogen) atoms. The zero-order chi connectivity index (χ0) is 35.1. The number of carbonyl (C=O) groups is 3. The molecule has 3 rings (SSSR count). The first-order valence-electron chi connectivity index (χ1n) is 16.5. The zero-order valence-electron chi connectivity index (χ0n) is 28.0. The van der Waals surface area contributed by atoms with Crippen molar-refractivity contribution < 1.29 is 54.0 Å². The quantitative estimate of drug-likeness (QED) is 0.0766. The van der Waals surface area contributed by atoms with Gasteiger partial charge in [-0.3, -0.25) is 4.79 Å². The summed E-state index contributed by atoms with van der Waals surface area (Å²) in [6.07, 6.45) is 13.3. The van der Waals surface area contributed by atoms with E-state index in [-0.39, 0.29) is 22.8 Å². The number of carbonyl (C=O) groups excluding carboxylic acids is 3. The highest BCUT2D eigenvalue weighted by Crippen LogP contribution is 2.24. The number of esters is 1. The Labute approximate surface area is 280 Å². The summed E-state index contributed by atoms with van der Waals surface area (Å²) in [6, 6.07) is 8.36. The third-order valence-corrected chi connectivity index (χ3v) is 7.29. The molecule has 2 aromatic heterocycles. The lowest BCUT2D eigenvalue weighted by molar-refractivity contribution is -0.154. The Morgan fingerprint density at radius 1 is 0.583 bits per heavy atom. The number of aromatic nitrogens is 2. The van der Waals surface area contributed by atoms with Crippen molar-refractivity contribution in [1.29, 1.82) is 0 Å². The lowest BCUT2D eigenvalue weighted by Crippen LogP contribution is -2.23. The van der Waals surface area contributed by atoms with Gasteiger partial charge < -0.3 is 39.6 Å². The third kappa shape index (κ3) is 12.8. The normalized spacial score (nSPS) is 11.3. The van der Waals surface area contributed by atoms with Crippen LogP contribution in [0.4, 0.5) is 0 Å². The van der Waals surface area contributed by atoms with E-state index in [9.17, 15) is 34.8 Å². The first-order valence-corrected chi connectivity index (χ1v) is 16.5. The predicted molar refractivity (Wildman–Crippen MR) is 175 cm³/mol. The summed E-state index contributed by atoms with van der Waals surface area (Å²) >= 11 is 0. The molecule has 0 aliphatic carbocycles. The van der Waals surface area contributed by atoms with Gasteiger partial charge in [0.1, 0.15) is 11.4 Å². The van der Waals surface area contributed by atoms with E-state index >= 15 is 0 Å². The summed E-state index contributed by atoms with van der Waals surface area (Å²) in [6.45, 7) is 5.96. The molecule has 13 heteroatoms.